The Kier molecular flexibility index (Phi) is 13.9. The Hall–Kier alpha value is -7.12. The van der Waals surface area contributed by atoms with Gasteiger partial charge in [-0.25, -0.2) is 9.59 Å². The molecule has 61 heavy (non-hydrogen) atoms. The van der Waals surface area contributed by atoms with Gasteiger partial charge in [-0.1, -0.05) is 11.2 Å². The number of anilines is 1. The predicted octanol–water partition coefficient (Wildman–Crippen LogP) is 2.75. The second-order valence-electron chi connectivity index (χ2n) is 12.5. The molecule has 0 fully saturated rings. The van der Waals surface area contributed by atoms with E-state index in [4.69, 9.17) is 40.4 Å². The number of hydrogen-bond acceptors (Lipinski definition) is 15. The molecule has 1 aliphatic carbocycles. The summed E-state index contributed by atoms with van der Waals surface area (Å²) in [5.41, 5.74) is 12.1. The first-order valence-electron chi connectivity index (χ1n) is 17.3. The zero-order valence-corrected chi connectivity index (χ0v) is 32.7. The summed E-state index contributed by atoms with van der Waals surface area (Å²) < 4.78 is 91.5. The van der Waals surface area contributed by atoms with Crippen LogP contribution in [0.5, 0.6) is 5.75 Å². The van der Waals surface area contributed by atoms with E-state index < -0.39 is 94.6 Å². The summed E-state index contributed by atoms with van der Waals surface area (Å²) in [6, 6.07) is 13.5. The number of nitrogens with zero attached hydrogens (tertiary/aromatic N) is 3. The topological polar surface area (TPSA) is 381 Å². The molecule has 0 aromatic heterocycles. The number of aliphatic carboxylic acids is 1. The van der Waals surface area contributed by atoms with Gasteiger partial charge in [-0.05, 0) is 71.8 Å². The fraction of sp³-hybridized carbons (Fsp3) is 0.194. The molecule has 1 atom stereocenters. The SMILES string of the molecule is [N-]=[N+]=NC(COc1cccc(C(=O)NCCNC(=O)c2ccc(C(=O)O)c(-c3c4ccc(=N)c(S(=O)(=O)O)c-4oc4c(S(=O)(=O)O)c(N)ccc34)c2)c1)OCCOCC(=O)O. The van der Waals surface area contributed by atoms with Crippen LogP contribution in [0.15, 0.2) is 86.1 Å². The first-order chi connectivity index (χ1) is 28.8. The average molecular weight is 884 g/mol. The van der Waals surface area contributed by atoms with Gasteiger partial charge in [0.25, 0.3) is 32.1 Å². The number of azide groups is 1. The molecule has 23 nitrogen and oxygen atoms in total. The van der Waals surface area contributed by atoms with Crippen molar-refractivity contribution < 1.29 is 74.0 Å². The maximum atomic E-state index is 13.4. The highest BCUT2D eigenvalue weighted by atomic mass is 32.2. The Bertz CT molecular complexity index is 2860. The van der Waals surface area contributed by atoms with E-state index in [1.807, 2.05) is 0 Å². The Morgan fingerprint density at radius 3 is 2.16 bits per heavy atom. The van der Waals surface area contributed by atoms with E-state index in [2.05, 4.69) is 20.7 Å². The molecular formula is C36H33N7O16S2. The summed E-state index contributed by atoms with van der Waals surface area (Å²) in [7, 11) is -10.5. The minimum atomic E-state index is -5.26. The molecule has 0 radical (unpaired) electrons. The first-order valence-corrected chi connectivity index (χ1v) is 20.1. The van der Waals surface area contributed by atoms with Gasteiger partial charge >= 0.3 is 11.9 Å². The standard InChI is InChI=1S/C36H33N7O16S2/c37-25-8-6-22-29(23-7-9-26(38)33(61(53,54)55)31(23)59-30(22)32(25)60(50,51)52)24-15-19(4-5-21(24)36(48)49)35(47)41-11-10-40-34(46)18-2-1-3-20(14-18)58-16-27(42-43-39)57-13-12-56-17-28(44)45/h1-9,14-15,27,37H,10-13,16-17,38H2,(H,40,46)(H,41,47)(H,44,45)(H,48,49)(H,50,51,52)(H,53,54,55). The third-order valence-electron chi connectivity index (χ3n) is 8.42. The zero-order chi connectivity index (χ0) is 44.6. The number of amides is 2. The van der Waals surface area contributed by atoms with Crippen LogP contribution in [0.4, 0.5) is 5.69 Å². The largest absolute Gasteiger partial charge is 0.491 e. The summed E-state index contributed by atoms with van der Waals surface area (Å²) in [4.78, 5) is 50.0. The molecule has 0 bridgehead atoms. The van der Waals surface area contributed by atoms with Gasteiger partial charge in [0, 0.05) is 45.6 Å². The summed E-state index contributed by atoms with van der Waals surface area (Å²) in [6.45, 7) is -1.27. The van der Waals surface area contributed by atoms with E-state index in [9.17, 15) is 50.2 Å². The molecule has 5 rings (SSSR count). The Labute approximate surface area is 343 Å². The minimum Gasteiger partial charge on any atom is -0.491 e. The molecule has 3 aromatic carbocycles. The number of rotatable bonds is 19. The average Bonchev–Trinajstić information content (AvgIpc) is 3.18. The van der Waals surface area contributed by atoms with Crippen LogP contribution in [0.3, 0.4) is 0 Å². The van der Waals surface area contributed by atoms with Crippen LogP contribution < -0.4 is 26.5 Å². The third kappa shape index (κ3) is 10.7. The van der Waals surface area contributed by atoms with Gasteiger partial charge in [0.05, 0.1) is 29.8 Å². The molecule has 320 valence electrons. The maximum Gasteiger partial charge on any atom is 0.336 e. The smallest absolute Gasteiger partial charge is 0.336 e. The summed E-state index contributed by atoms with van der Waals surface area (Å²) in [6.07, 6.45) is -1.11. The van der Waals surface area contributed by atoms with Gasteiger partial charge in [0.15, 0.2) is 27.4 Å². The lowest BCUT2D eigenvalue weighted by Crippen LogP contribution is -2.34. The van der Waals surface area contributed by atoms with Crippen molar-refractivity contribution in [2.75, 3.05) is 45.3 Å². The van der Waals surface area contributed by atoms with Gasteiger partial charge < -0.3 is 45.2 Å². The highest BCUT2D eigenvalue weighted by Crippen LogP contribution is 2.45. The third-order valence-corrected chi connectivity index (χ3v) is 10.3. The van der Waals surface area contributed by atoms with Gasteiger partial charge in [0.2, 0.25) is 0 Å². The van der Waals surface area contributed by atoms with Crippen LogP contribution in [0.2, 0.25) is 0 Å². The van der Waals surface area contributed by atoms with Gasteiger partial charge in [0.1, 0.15) is 19.0 Å². The summed E-state index contributed by atoms with van der Waals surface area (Å²) >= 11 is 0. The summed E-state index contributed by atoms with van der Waals surface area (Å²) in [5.74, 6) is -4.66. The number of carboxylic acids is 2. The molecule has 1 unspecified atom stereocenters. The molecule has 25 heteroatoms. The number of carbonyl (C=O) groups is 4. The van der Waals surface area contributed by atoms with E-state index in [1.54, 1.807) is 0 Å². The fourth-order valence-corrected chi connectivity index (χ4v) is 7.38. The number of fused-ring (bicyclic) bond motifs is 2. The lowest BCUT2D eigenvalue weighted by molar-refractivity contribution is -0.143. The van der Waals surface area contributed by atoms with E-state index in [1.165, 1.54) is 30.3 Å². The van der Waals surface area contributed by atoms with E-state index in [0.29, 0.717) is 0 Å². The molecule has 2 aliphatic rings. The van der Waals surface area contributed by atoms with Crippen molar-refractivity contribution in [2.45, 2.75) is 16.0 Å². The molecule has 9 N–H and O–H groups in total. The number of nitrogens with one attached hydrogen (secondary N) is 3. The Morgan fingerprint density at radius 2 is 1.54 bits per heavy atom. The predicted molar refractivity (Wildman–Crippen MR) is 209 cm³/mol. The number of hydrogen-bond donors (Lipinski definition) is 8. The Morgan fingerprint density at radius 1 is 0.869 bits per heavy atom. The van der Waals surface area contributed by atoms with Crippen LogP contribution in [0.1, 0.15) is 31.1 Å². The molecular weight excluding hydrogens is 851 g/mol. The second-order valence-corrected chi connectivity index (χ2v) is 15.2. The molecule has 0 spiro atoms. The summed E-state index contributed by atoms with van der Waals surface area (Å²) in [5, 5.41) is 34.6. The quantitative estimate of drug-likeness (QED) is 0.0112. The van der Waals surface area contributed by atoms with Crippen molar-refractivity contribution in [3.05, 3.63) is 99.2 Å². The van der Waals surface area contributed by atoms with Crippen molar-refractivity contribution >= 4 is 60.6 Å². The van der Waals surface area contributed by atoms with Crippen molar-refractivity contribution in [3.63, 3.8) is 0 Å². The number of aromatic carboxylic acids is 1. The normalized spacial score (nSPS) is 12.0. The molecule has 2 amide bonds. The monoisotopic (exact) mass is 883 g/mol. The fourth-order valence-electron chi connectivity index (χ4n) is 5.90. The maximum absolute atomic E-state index is 13.4. The van der Waals surface area contributed by atoms with E-state index in [-0.39, 0.29) is 71.9 Å². The van der Waals surface area contributed by atoms with Crippen molar-refractivity contribution in [3.8, 4) is 28.2 Å². The number of ether oxygens (including phenoxy) is 3. The van der Waals surface area contributed by atoms with Gasteiger partial charge in [-0.3, -0.25) is 24.1 Å². The van der Waals surface area contributed by atoms with E-state index in [0.717, 1.165) is 36.4 Å². The van der Waals surface area contributed by atoms with Gasteiger partial charge in [-0.15, -0.1) is 0 Å². The minimum absolute atomic E-state index is 0.0898. The molecule has 1 aliphatic heterocycles. The number of nitrogens with two attached hydrogens (primary N) is 1. The van der Waals surface area contributed by atoms with Crippen LogP contribution in [0.25, 0.3) is 43.9 Å². The van der Waals surface area contributed by atoms with Crippen LogP contribution in [0, 0.1) is 5.41 Å². The van der Waals surface area contributed by atoms with E-state index >= 15 is 0 Å². The first kappa shape index (κ1) is 45.0. The van der Waals surface area contributed by atoms with Crippen LogP contribution in [-0.2, 0) is 34.5 Å². The van der Waals surface area contributed by atoms with Crippen molar-refractivity contribution in [1.82, 2.24) is 10.6 Å². The molecule has 0 saturated carbocycles. The molecule has 3 aromatic rings. The highest BCUT2D eigenvalue weighted by Gasteiger charge is 2.32. The number of benzene rings is 4. The molecule has 1 heterocycles. The second kappa shape index (κ2) is 18.9. The molecule has 0 saturated heterocycles. The van der Waals surface area contributed by atoms with Gasteiger partial charge in [-0.2, -0.15) is 16.8 Å². The van der Waals surface area contributed by atoms with Crippen LogP contribution in [-0.4, -0.2) is 106 Å². The number of carbonyl (C=O) groups excluding carboxylic acids is 2. The van der Waals surface area contributed by atoms with Crippen molar-refractivity contribution in [2.24, 2.45) is 5.11 Å². The number of nitrogen functional groups attached to an aromatic ring is 1. The Balaban J connectivity index is 1.36. The lowest BCUT2D eigenvalue weighted by Gasteiger charge is -2.20. The highest BCUT2D eigenvalue weighted by molar-refractivity contribution is 7.86. The zero-order valence-electron chi connectivity index (χ0n) is 31.1. The van der Waals surface area contributed by atoms with Crippen molar-refractivity contribution in [1.29, 1.82) is 5.41 Å². The van der Waals surface area contributed by atoms with Crippen LogP contribution >= 0.6 is 0 Å². The lowest BCUT2D eigenvalue weighted by atomic mass is 9.89. The number of carboxylic acid groups (broad SMARTS) is 2.